The van der Waals surface area contributed by atoms with Crippen LogP contribution in [0, 0.1) is 6.92 Å². The van der Waals surface area contributed by atoms with Crippen molar-refractivity contribution in [1.82, 2.24) is 10.3 Å². The molecule has 2 unspecified atom stereocenters. The average molecular weight is 272 g/mol. The molecule has 1 aliphatic rings. The van der Waals surface area contributed by atoms with E-state index in [0.717, 1.165) is 35.8 Å². The van der Waals surface area contributed by atoms with Crippen LogP contribution >= 0.6 is 23.1 Å². The van der Waals surface area contributed by atoms with Crippen LogP contribution in [0.2, 0.25) is 0 Å². The van der Waals surface area contributed by atoms with Gasteiger partial charge in [-0.25, -0.2) is 4.98 Å². The normalized spacial score (nSPS) is 28.8. The summed E-state index contributed by atoms with van der Waals surface area (Å²) in [5.41, 5.74) is 1.06. The van der Waals surface area contributed by atoms with Gasteiger partial charge in [0.2, 0.25) is 0 Å². The second kappa shape index (κ2) is 5.69. The van der Waals surface area contributed by atoms with Crippen molar-refractivity contribution in [3.05, 3.63) is 11.1 Å². The van der Waals surface area contributed by atoms with E-state index >= 15 is 0 Å². The Morgan fingerprint density at radius 2 is 2.53 bits per heavy atom. The zero-order chi connectivity index (χ0) is 12.3. The number of nitrogens with one attached hydrogen (secondary N) is 1. The first-order valence-corrected chi connectivity index (χ1v) is 7.88. The fourth-order valence-corrected chi connectivity index (χ4v) is 4.86. The van der Waals surface area contributed by atoms with E-state index in [1.807, 2.05) is 18.7 Å². The zero-order valence-corrected chi connectivity index (χ0v) is 12.0. The Balaban J connectivity index is 1.93. The van der Waals surface area contributed by atoms with Gasteiger partial charge in [-0.15, -0.1) is 11.3 Å². The van der Waals surface area contributed by atoms with Crippen LogP contribution in [0.15, 0.2) is 9.72 Å². The molecule has 0 spiro atoms. The van der Waals surface area contributed by atoms with E-state index in [0.29, 0.717) is 5.25 Å². The molecule has 2 N–H and O–H groups in total. The molecule has 2 atom stereocenters. The van der Waals surface area contributed by atoms with Crippen LogP contribution in [0.25, 0.3) is 0 Å². The lowest BCUT2D eigenvalue weighted by Gasteiger charge is -2.27. The SMILES string of the molecule is CCNC1(CO)CCC(Sc2nc(C)cs2)C1. The molecule has 1 saturated carbocycles. The summed E-state index contributed by atoms with van der Waals surface area (Å²) in [6.45, 7) is 5.30. The molecular formula is C12H20N2OS2. The summed E-state index contributed by atoms with van der Waals surface area (Å²) in [6.07, 6.45) is 3.27. The number of hydrogen-bond donors (Lipinski definition) is 2. The minimum absolute atomic E-state index is 0.0429. The average Bonchev–Trinajstić information content (AvgIpc) is 2.88. The fourth-order valence-electron chi connectivity index (χ4n) is 2.44. The van der Waals surface area contributed by atoms with Crippen molar-refractivity contribution in [3.63, 3.8) is 0 Å². The second-order valence-corrected chi connectivity index (χ2v) is 7.11. The maximum atomic E-state index is 9.55. The molecule has 1 heterocycles. The number of nitrogens with zero attached hydrogens (tertiary/aromatic N) is 1. The Morgan fingerprint density at radius 3 is 3.12 bits per heavy atom. The van der Waals surface area contributed by atoms with E-state index in [4.69, 9.17) is 0 Å². The quantitative estimate of drug-likeness (QED) is 0.864. The van der Waals surface area contributed by atoms with Gasteiger partial charge in [-0.05, 0) is 32.7 Å². The molecule has 1 fully saturated rings. The number of aliphatic hydroxyl groups excluding tert-OH is 1. The molecule has 17 heavy (non-hydrogen) atoms. The standard InChI is InChI=1S/C12H20N2OS2/c1-3-13-12(8-15)5-4-10(6-12)17-11-14-9(2)7-16-11/h7,10,13,15H,3-6,8H2,1-2H3. The van der Waals surface area contributed by atoms with Crippen LogP contribution < -0.4 is 5.32 Å². The van der Waals surface area contributed by atoms with Crippen LogP contribution in [-0.2, 0) is 0 Å². The Morgan fingerprint density at radius 1 is 1.71 bits per heavy atom. The minimum Gasteiger partial charge on any atom is -0.394 e. The molecule has 0 bridgehead atoms. The van der Waals surface area contributed by atoms with E-state index in [-0.39, 0.29) is 12.1 Å². The third-order valence-electron chi connectivity index (χ3n) is 3.28. The largest absolute Gasteiger partial charge is 0.394 e. The van der Waals surface area contributed by atoms with Gasteiger partial charge in [-0.2, -0.15) is 0 Å². The highest BCUT2D eigenvalue weighted by Crippen LogP contribution is 2.40. The highest BCUT2D eigenvalue weighted by atomic mass is 32.2. The number of aryl methyl sites for hydroxylation is 1. The van der Waals surface area contributed by atoms with Gasteiger partial charge in [0, 0.05) is 21.9 Å². The first-order chi connectivity index (χ1) is 8.17. The molecule has 0 aliphatic heterocycles. The first-order valence-electron chi connectivity index (χ1n) is 6.12. The van der Waals surface area contributed by atoms with Crippen molar-refractivity contribution in [1.29, 1.82) is 0 Å². The van der Waals surface area contributed by atoms with Crippen molar-refractivity contribution >= 4 is 23.1 Å². The van der Waals surface area contributed by atoms with E-state index in [9.17, 15) is 5.11 Å². The van der Waals surface area contributed by atoms with Crippen LogP contribution in [-0.4, -0.2) is 34.0 Å². The maximum Gasteiger partial charge on any atom is 0.150 e. The zero-order valence-electron chi connectivity index (χ0n) is 10.4. The maximum absolute atomic E-state index is 9.55. The Kier molecular flexibility index (Phi) is 4.47. The molecule has 1 aliphatic carbocycles. The highest BCUT2D eigenvalue weighted by Gasteiger charge is 2.38. The molecule has 0 aromatic carbocycles. The number of thioether (sulfide) groups is 1. The smallest absolute Gasteiger partial charge is 0.150 e. The lowest BCUT2D eigenvalue weighted by molar-refractivity contribution is 0.167. The molecule has 96 valence electrons. The van der Waals surface area contributed by atoms with Crippen molar-refractivity contribution in [2.45, 2.75) is 48.2 Å². The third kappa shape index (κ3) is 3.22. The summed E-state index contributed by atoms with van der Waals surface area (Å²) in [5, 5.41) is 15.7. The fraction of sp³-hybridized carbons (Fsp3) is 0.750. The first kappa shape index (κ1) is 13.3. The topological polar surface area (TPSA) is 45.1 Å². The van der Waals surface area contributed by atoms with Gasteiger partial charge in [0.15, 0.2) is 0 Å². The number of likely N-dealkylation sites (N-methyl/N-ethyl adjacent to an activating group) is 1. The van der Waals surface area contributed by atoms with E-state index in [1.165, 1.54) is 0 Å². The van der Waals surface area contributed by atoms with Gasteiger partial charge in [0.25, 0.3) is 0 Å². The van der Waals surface area contributed by atoms with Crippen LogP contribution in [0.1, 0.15) is 31.9 Å². The van der Waals surface area contributed by atoms with Crippen molar-refractivity contribution < 1.29 is 5.11 Å². The van der Waals surface area contributed by atoms with Crippen LogP contribution in [0.5, 0.6) is 0 Å². The summed E-state index contributed by atoms with van der Waals surface area (Å²) < 4.78 is 1.16. The lowest BCUT2D eigenvalue weighted by Crippen LogP contribution is -2.46. The predicted octanol–water partition coefficient (Wildman–Crippen LogP) is 2.44. The summed E-state index contributed by atoms with van der Waals surface area (Å²) in [6, 6.07) is 0. The Bertz CT molecular complexity index is 369. The van der Waals surface area contributed by atoms with Crippen LogP contribution in [0.4, 0.5) is 0 Å². The molecule has 0 saturated heterocycles. The third-order valence-corrected chi connectivity index (χ3v) is 5.64. The number of rotatable bonds is 5. The lowest BCUT2D eigenvalue weighted by atomic mass is 9.99. The van der Waals surface area contributed by atoms with Gasteiger partial charge < -0.3 is 10.4 Å². The van der Waals surface area contributed by atoms with Crippen molar-refractivity contribution in [2.75, 3.05) is 13.2 Å². The molecule has 1 aromatic heterocycles. The molecular weight excluding hydrogens is 252 g/mol. The van der Waals surface area contributed by atoms with Gasteiger partial charge in [0.05, 0.1) is 6.61 Å². The minimum atomic E-state index is -0.0429. The molecule has 0 amide bonds. The van der Waals surface area contributed by atoms with Gasteiger partial charge in [0.1, 0.15) is 4.34 Å². The van der Waals surface area contributed by atoms with Crippen LogP contribution in [0.3, 0.4) is 0 Å². The number of aromatic nitrogens is 1. The number of hydrogen-bond acceptors (Lipinski definition) is 5. The molecule has 2 rings (SSSR count). The van der Waals surface area contributed by atoms with Gasteiger partial charge in [-0.1, -0.05) is 18.7 Å². The van der Waals surface area contributed by atoms with Crippen molar-refractivity contribution in [2.24, 2.45) is 0 Å². The molecule has 1 aromatic rings. The monoisotopic (exact) mass is 272 g/mol. The summed E-state index contributed by atoms with van der Waals surface area (Å²) >= 11 is 3.60. The van der Waals surface area contributed by atoms with E-state index in [1.54, 1.807) is 11.3 Å². The highest BCUT2D eigenvalue weighted by molar-refractivity contribution is 8.01. The number of thiazole rings is 1. The number of aliphatic hydroxyl groups is 1. The summed E-state index contributed by atoms with van der Waals surface area (Å²) in [7, 11) is 0. The molecule has 0 radical (unpaired) electrons. The van der Waals surface area contributed by atoms with Gasteiger partial charge in [-0.3, -0.25) is 0 Å². The van der Waals surface area contributed by atoms with Gasteiger partial charge >= 0.3 is 0 Å². The summed E-state index contributed by atoms with van der Waals surface area (Å²) in [4.78, 5) is 4.49. The Hall–Kier alpha value is -0.100. The molecule has 5 heteroatoms. The summed E-state index contributed by atoms with van der Waals surface area (Å²) in [5.74, 6) is 0. The van der Waals surface area contributed by atoms with Crippen molar-refractivity contribution in [3.8, 4) is 0 Å². The predicted molar refractivity (Wildman–Crippen MR) is 73.8 cm³/mol. The Labute approximate surface area is 111 Å². The second-order valence-electron chi connectivity index (χ2n) is 4.71. The molecule has 3 nitrogen and oxygen atoms in total. The van der Waals surface area contributed by atoms with E-state index < -0.39 is 0 Å². The van der Waals surface area contributed by atoms with E-state index in [2.05, 4.69) is 22.6 Å².